The van der Waals surface area contributed by atoms with Crippen LogP contribution in [0.15, 0.2) is 46.2 Å². The van der Waals surface area contributed by atoms with Crippen molar-refractivity contribution in [1.82, 2.24) is 9.97 Å². The molecule has 0 fully saturated rings. The highest BCUT2D eigenvalue weighted by molar-refractivity contribution is 7.91. The molecule has 0 atom stereocenters. The molecule has 120 valence electrons. The minimum atomic E-state index is -3.72. The normalized spacial score (nSPS) is 11.4. The topological polar surface area (TPSA) is 108 Å². The van der Waals surface area contributed by atoms with Crippen LogP contribution in [0.4, 0.5) is 0 Å². The van der Waals surface area contributed by atoms with Gasteiger partial charge in [-0.2, -0.15) is 10.5 Å². The molecule has 0 saturated carbocycles. The molecule has 0 aliphatic carbocycles. The molecule has 0 radical (unpaired) electrons. The highest BCUT2D eigenvalue weighted by Crippen LogP contribution is 2.30. The van der Waals surface area contributed by atoms with E-state index >= 15 is 0 Å². The standard InChI is InChI=1S/C16H6N4O2S3/c17-7-15-19-11-3-1-9(5-13(11)23-15)25(21,22)10-2-4-12-14(6-10)24-16(8-18)20-12/h1-6H. The number of nitrogens with zero attached hydrogens (tertiary/aromatic N) is 4. The maximum absolute atomic E-state index is 12.9. The van der Waals surface area contributed by atoms with Gasteiger partial charge in [0.2, 0.25) is 9.84 Å². The molecule has 0 N–H and O–H groups in total. The van der Waals surface area contributed by atoms with Crippen LogP contribution in [0.2, 0.25) is 0 Å². The largest absolute Gasteiger partial charge is 0.226 e. The molecule has 0 amide bonds. The molecule has 0 unspecified atom stereocenters. The lowest BCUT2D eigenvalue weighted by molar-refractivity contribution is 0.596. The molecule has 4 aromatic rings. The quantitative estimate of drug-likeness (QED) is 0.525. The van der Waals surface area contributed by atoms with Gasteiger partial charge in [0.05, 0.1) is 30.2 Å². The molecular weight excluding hydrogens is 376 g/mol. The molecular formula is C16H6N4O2S3. The SMILES string of the molecule is N#Cc1nc2ccc(S(=O)(=O)c3ccc4nc(C#N)sc4c3)cc2s1. The van der Waals surface area contributed by atoms with E-state index in [9.17, 15) is 8.42 Å². The third-order valence-electron chi connectivity index (χ3n) is 3.53. The molecule has 0 bridgehead atoms. The highest BCUT2D eigenvalue weighted by Gasteiger charge is 2.20. The Kier molecular flexibility index (Phi) is 3.51. The zero-order valence-corrected chi connectivity index (χ0v) is 14.7. The summed E-state index contributed by atoms with van der Waals surface area (Å²) in [4.78, 5) is 8.48. The number of hydrogen-bond donors (Lipinski definition) is 0. The van der Waals surface area contributed by atoms with E-state index in [2.05, 4.69) is 9.97 Å². The molecule has 9 heteroatoms. The monoisotopic (exact) mass is 382 g/mol. The van der Waals surface area contributed by atoms with Crippen molar-refractivity contribution in [3.8, 4) is 12.1 Å². The Morgan fingerprint density at radius 1 is 0.800 bits per heavy atom. The lowest BCUT2D eigenvalue weighted by Crippen LogP contribution is -2.01. The Hall–Kier alpha value is -2.85. The van der Waals surface area contributed by atoms with Crippen LogP contribution in [-0.2, 0) is 9.84 Å². The van der Waals surface area contributed by atoms with Crippen LogP contribution >= 0.6 is 22.7 Å². The van der Waals surface area contributed by atoms with Crippen LogP contribution < -0.4 is 0 Å². The second kappa shape index (κ2) is 5.60. The first-order chi connectivity index (χ1) is 12.0. The van der Waals surface area contributed by atoms with Gasteiger partial charge in [0.15, 0.2) is 10.0 Å². The van der Waals surface area contributed by atoms with E-state index in [4.69, 9.17) is 10.5 Å². The van der Waals surface area contributed by atoms with E-state index in [1.54, 1.807) is 12.1 Å². The van der Waals surface area contributed by atoms with Crippen molar-refractivity contribution in [3.05, 3.63) is 46.4 Å². The number of benzene rings is 2. The van der Waals surface area contributed by atoms with Crippen LogP contribution in [0.5, 0.6) is 0 Å². The van der Waals surface area contributed by atoms with E-state index in [0.29, 0.717) is 30.4 Å². The number of rotatable bonds is 2. The summed E-state index contributed by atoms with van der Waals surface area (Å²) in [7, 11) is -3.72. The number of nitriles is 2. The molecule has 6 nitrogen and oxygen atoms in total. The van der Waals surface area contributed by atoms with Crippen LogP contribution in [0.3, 0.4) is 0 Å². The number of sulfone groups is 1. The summed E-state index contributed by atoms with van der Waals surface area (Å²) in [5, 5.41) is 18.4. The van der Waals surface area contributed by atoms with Crippen molar-refractivity contribution in [3.63, 3.8) is 0 Å². The molecule has 2 aromatic carbocycles. The fourth-order valence-electron chi connectivity index (χ4n) is 2.38. The van der Waals surface area contributed by atoms with E-state index in [-0.39, 0.29) is 9.79 Å². The van der Waals surface area contributed by atoms with E-state index in [0.717, 1.165) is 22.7 Å². The molecule has 2 heterocycles. The second-order valence-corrected chi connectivity index (χ2v) is 9.04. The first-order valence-electron chi connectivity index (χ1n) is 6.88. The fraction of sp³-hybridized carbons (Fsp3) is 0. The Morgan fingerprint density at radius 2 is 1.24 bits per heavy atom. The number of hydrogen-bond acceptors (Lipinski definition) is 8. The van der Waals surface area contributed by atoms with Gasteiger partial charge in [-0.25, -0.2) is 18.4 Å². The smallest absolute Gasteiger partial charge is 0.206 e. The lowest BCUT2D eigenvalue weighted by atomic mass is 10.3. The van der Waals surface area contributed by atoms with Gasteiger partial charge in [-0.15, -0.1) is 22.7 Å². The summed E-state index contributed by atoms with van der Waals surface area (Å²) in [6.45, 7) is 0. The zero-order chi connectivity index (χ0) is 17.6. The minimum Gasteiger partial charge on any atom is -0.226 e. The number of thiazole rings is 2. The Labute approximate surface area is 150 Å². The molecule has 2 aromatic heterocycles. The second-order valence-electron chi connectivity index (χ2n) is 5.02. The Balaban J connectivity index is 1.86. The van der Waals surface area contributed by atoms with Gasteiger partial charge in [-0.3, -0.25) is 0 Å². The van der Waals surface area contributed by atoms with Crippen molar-refractivity contribution in [2.45, 2.75) is 9.79 Å². The Bertz CT molecular complexity index is 1240. The summed E-state index contributed by atoms with van der Waals surface area (Å²) in [6.07, 6.45) is 0. The van der Waals surface area contributed by atoms with Gasteiger partial charge >= 0.3 is 0 Å². The summed E-state index contributed by atoms with van der Waals surface area (Å²) in [5.41, 5.74) is 1.19. The highest BCUT2D eigenvalue weighted by atomic mass is 32.2. The average Bonchev–Trinajstić information content (AvgIpc) is 3.23. The van der Waals surface area contributed by atoms with Gasteiger partial charge in [0.25, 0.3) is 0 Å². The Morgan fingerprint density at radius 3 is 1.64 bits per heavy atom. The van der Waals surface area contributed by atoms with Gasteiger partial charge in [0.1, 0.15) is 12.1 Å². The molecule has 4 rings (SSSR count). The van der Waals surface area contributed by atoms with Gasteiger partial charge in [-0.1, -0.05) is 0 Å². The van der Waals surface area contributed by atoms with Gasteiger partial charge in [0, 0.05) is 0 Å². The van der Waals surface area contributed by atoms with Crippen molar-refractivity contribution in [1.29, 1.82) is 10.5 Å². The summed E-state index contributed by atoms with van der Waals surface area (Å²) in [6, 6.07) is 13.1. The van der Waals surface area contributed by atoms with Crippen LogP contribution in [-0.4, -0.2) is 18.4 Å². The first-order valence-corrected chi connectivity index (χ1v) is 9.99. The first kappa shape index (κ1) is 15.7. The maximum Gasteiger partial charge on any atom is 0.206 e. The number of fused-ring (bicyclic) bond motifs is 2. The summed E-state index contributed by atoms with van der Waals surface area (Å²) >= 11 is 2.30. The summed E-state index contributed by atoms with van der Waals surface area (Å²) < 4.78 is 27.1. The lowest BCUT2D eigenvalue weighted by Gasteiger charge is -2.04. The van der Waals surface area contributed by atoms with E-state index in [1.165, 1.54) is 24.3 Å². The minimum absolute atomic E-state index is 0.137. The van der Waals surface area contributed by atoms with Crippen molar-refractivity contribution in [2.24, 2.45) is 0 Å². The third kappa shape index (κ3) is 2.55. The van der Waals surface area contributed by atoms with Crippen LogP contribution in [0, 0.1) is 22.7 Å². The molecule has 0 aliphatic rings. The van der Waals surface area contributed by atoms with E-state index in [1.807, 2.05) is 12.1 Å². The molecule has 0 saturated heterocycles. The molecule has 0 aliphatic heterocycles. The van der Waals surface area contributed by atoms with Crippen molar-refractivity contribution >= 4 is 52.9 Å². The van der Waals surface area contributed by atoms with Crippen LogP contribution in [0.1, 0.15) is 10.0 Å². The summed E-state index contributed by atoms with van der Waals surface area (Å²) in [5.74, 6) is 0. The van der Waals surface area contributed by atoms with Crippen molar-refractivity contribution < 1.29 is 8.42 Å². The fourth-order valence-corrected chi connectivity index (χ4v) is 5.44. The van der Waals surface area contributed by atoms with Gasteiger partial charge < -0.3 is 0 Å². The molecule has 0 spiro atoms. The average molecular weight is 382 g/mol. The molecule has 25 heavy (non-hydrogen) atoms. The number of aromatic nitrogens is 2. The maximum atomic E-state index is 12.9. The predicted octanol–water partition coefficient (Wildman–Crippen LogP) is 3.48. The zero-order valence-electron chi connectivity index (χ0n) is 12.3. The third-order valence-corrected chi connectivity index (χ3v) is 7.13. The van der Waals surface area contributed by atoms with Gasteiger partial charge in [-0.05, 0) is 36.4 Å². The predicted molar refractivity (Wildman–Crippen MR) is 94.1 cm³/mol. The van der Waals surface area contributed by atoms with Crippen LogP contribution in [0.25, 0.3) is 20.4 Å². The van der Waals surface area contributed by atoms with Crippen molar-refractivity contribution in [2.75, 3.05) is 0 Å². The van der Waals surface area contributed by atoms with E-state index < -0.39 is 9.84 Å².